The first-order valence-electron chi connectivity index (χ1n) is 10.2. The molecule has 2 aliphatic heterocycles. The zero-order valence-corrected chi connectivity index (χ0v) is 16.9. The maximum Gasteiger partial charge on any atom is 0.326 e. The van der Waals surface area contributed by atoms with Gasteiger partial charge in [-0.1, -0.05) is 0 Å². The molecule has 2 aliphatic rings. The maximum absolute atomic E-state index is 13.7. The molecular formula is C21H25FN6O2. The van der Waals surface area contributed by atoms with Crippen LogP contribution in [0.5, 0.6) is 0 Å². The van der Waals surface area contributed by atoms with Gasteiger partial charge in [0.25, 0.3) is 5.91 Å². The van der Waals surface area contributed by atoms with E-state index < -0.39 is 6.17 Å². The van der Waals surface area contributed by atoms with Gasteiger partial charge in [0.2, 0.25) is 0 Å². The number of aryl methyl sites for hydroxylation is 1. The highest BCUT2D eigenvalue weighted by molar-refractivity contribution is 5.94. The van der Waals surface area contributed by atoms with E-state index in [1.165, 1.54) is 11.6 Å². The second kappa shape index (κ2) is 8.25. The van der Waals surface area contributed by atoms with Crippen molar-refractivity contribution in [3.8, 4) is 0 Å². The summed E-state index contributed by atoms with van der Waals surface area (Å²) in [6, 6.07) is 4.88. The van der Waals surface area contributed by atoms with E-state index in [0.29, 0.717) is 24.9 Å². The van der Waals surface area contributed by atoms with Crippen LogP contribution in [0, 0.1) is 5.41 Å². The number of piperidine rings is 1. The second-order valence-corrected chi connectivity index (χ2v) is 7.65. The molecule has 1 fully saturated rings. The molecule has 4 heterocycles. The van der Waals surface area contributed by atoms with E-state index in [1.54, 1.807) is 29.4 Å². The molecule has 30 heavy (non-hydrogen) atoms. The molecule has 158 valence electrons. The van der Waals surface area contributed by atoms with Gasteiger partial charge in [0.1, 0.15) is 17.5 Å². The van der Waals surface area contributed by atoms with Crippen molar-refractivity contribution in [3.63, 3.8) is 0 Å². The summed E-state index contributed by atoms with van der Waals surface area (Å²) >= 11 is 0. The number of alkyl halides is 1. The SMILES string of the molecule is CNC(=O)n1ccc(N2CCCc3cc(C(=O)N4CCC[C@@H](F)C4)cnc32)cc1=N. The number of amides is 2. The van der Waals surface area contributed by atoms with Crippen LogP contribution in [0.4, 0.5) is 20.7 Å². The fourth-order valence-corrected chi connectivity index (χ4v) is 4.08. The van der Waals surface area contributed by atoms with Crippen molar-refractivity contribution in [2.45, 2.75) is 31.9 Å². The van der Waals surface area contributed by atoms with Crippen LogP contribution in [0.1, 0.15) is 35.2 Å². The van der Waals surface area contributed by atoms with Crippen molar-refractivity contribution in [1.29, 1.82) is 5.41 Å². The summed E-state index contributed by atoms with van der Waals surface area (Å²) < 4.78 is 14.9. The number of pyridine rings is 2. The normalized spacial score (nSPS) is 18.7. The molecule has 1 atom stereocenters. The van der Waals surface area contributed by atoms with Gasteiger partial charge in [-0.25, -0.2) is 14.2 Å². The van der Waals surface area contributed by atoms with E-state index in [0.717, 1.165) is 36.5 Å². The van der Waals surface area contributed by atoms with Crippen molar-refractivity contribution in [2.24, 2.45) is 0 Å². The number of halogens is 1. The fraction of sp³-hybridized carbons (Fsp3) is 0.429. The van der Waals surface area contributed by atoms with E-state index in [9.17, 15) is 14.0 Å². The minimum Gasteiger partial charge on any atom is -0.340 e. The lowest BCUT2D eigenvalue weighted by atomic mass is 10.0. The van der Waals surface area contributed by atoms with Crippen molar-refractivity contribution < 1.29 is 14.0 Å². The summed E-state index contributed by atoms with van der Waals surface area (Å²) in [5.41, 5.74) is 2.27. The van der Waals surface area contributed by atoms with E-state index in [2.05, 4.69) is 10.3 Å². The van der Waals surface area contributed by atoms with Gasteiger partial charge < -0.3 is 15.1 Å². The van der Waals surface area contributed by atoms with E-state index in [1.807, 2.05) is 11.0 Å². The Hall–Kier alpha value is -3.23. The number of aromatic nitrogens is 2. The Balaban J connectivity index is 1.61. The predicted molar refractivity (Wildman–Crippen MR) is 110 cm³/mol. The van der Waals surface area contributed by atoms with Crippen molar-refractivity contribution in [3.05, 3.63) is 47.2 Å². The zero-order valence-electron chi connectivity index (χ0n) is 16.9. The summed E-state index contributed by atoms with van der Waals surface area (Å²) in [5.74, 6) is 0.571. The van der Waals surface area contributed by atoms with Crippen molar-refractivity contribution in [1.82, 2.24) is 19.8 Å². The first-order chi connectivity index (χ1) is 14.5. The summed E-state index contributed by atoms with van der Waals surface area (Å²) in [6.45, 7) is 1.44. The Morgan fingerprint density at radius 3 is 2.83 bits per heavy atom. The monoisotopic (exact) mass is 412 g/mol. The number of anilines is 2. The number of hydrogen-bond acceptors (Lipinski definition) is 5. The first kappa shape index (κ1) is 20.1. The molecule has 2 N–H and O–H groups in total. The van der Waals surface area contributed by atoms with Gasteiger partial charge in [0.05, 0.1) is 12.1 Å². The summed E-state index contributed by atoms with van der Waals surface area (Å²) in [6.07, 6.45) is 5.01. The molecule has 0 spiro atoms. The van der Waals surface area contributed by atoms with E-state index >= 15 is 0 Å². The Morgan fingerprint density at radius 1 is 1.27 bits per heavy atom. The van der Waals surface area contributed by atoms with E-state index in [4.69, 9.17) is 5.41 Å². The third kappa shape index (κ3) is 3.79. The molecule has 0 aromatic carbocycles. The molecule has 0 bridgehead atoms. The molecule has 4 rings (SSSR count). The van der Waals surface area contributed by atoms with Crippen molar-refractivity contribution in [2.75, 3.05) is 31.6 Å². The number of nitrogens with one attached hydrogen (secondary N) is 2. The Labute approximate surface area is 173 Å². The van der Waals surface area contributed by atoms with Crippen LogP contribution in [0.15, 0.2) is 30.6 Å². The lowest BCUT2D eigenvalue weighted by molar-refractivity contribution is 0.0635. The van der Waals surface area contributed by atoms with Gasteiger partial charge >= 0.3 is 6.03 Å². The topological polar surface area (TPSA) is 94.3 Å². The summed E-state index contributed by atoms with van der Waals surface area (Å²) in [4.78, 5) is 32.7. The lowest BCUT2D eigenvalue weighted by Crippen LogP contribution is -2.41. The highest BCUT2D eigenvalue weighted by Crippen LogP contribution is 2.31. The van der Waals surface area contributed by atoms with E-state index in [-0.39, 0.29) is 24.0 Å². The molecular weight excluding hydrogens is 387 g/mol. The molecule has 1 saturated heterocycles. The predicted octanol–water partition coefficient (Wildman–Crippen LogP) is 2.21. The average Bonchev–Trinajstić information content (AvgIpc) is 2.77. The number of carbonyl (C=O) groups excluding carboxylic acids is 2. The fourth-order valence-electron chi connectivity index (χ4n) is 4.08. The van der Waals surface area contributed by atoms with Crippen LogP contribution in [-0.4, -0.2) is 59.2 Å². The molecule has 9 heteroatoms. The van der Waals surface area contributed by atoms with Crippen LogP contribution in [0.3, 0.4) is 0 Å². The molecule has 0 unspecified atom stereocenters. The Kier molecular flexibility index (Phi) is 5.52. The quantitative estimate of drug-likeness (QED) is 0.791. The maximum atomic E-state index is 13.7. The zero-order chi connectivity index (χ0) is 21.3. The Morgan fingerprint density at radius 2 is 2.10 bits per heavy atom. The third-order valence-corrected chi connectivity index (χ3v) is 5.61. The average molecular weight is 412 g/mol. The molecule has 2 aromatic rings. The number of nitrogens with zero attached hydrogens (tertiary/aromatic N) is 4. The van der Waals surface area contributed by atoms with Gasteiger partial charge in [0.15, 0.2) is 0 Å². The van der Waals surface area contributed by atoms with Gasteiger partial charge in [-0.05, 0) is 43.4 Å². The minimum absolute atomic E-state index is 0.0663. The van der Waals surface area contributed by atoms with Crippen LogP contribution < -0.4 is 15.7 Å². The Bertz CT molecular complexity index is 1040. The summed E-state index contributed by atoms with van der Waals surface area (Å²) in [7, 11) is 1.52. The number of hydrogen-bond donors (Lipinski definition) is 2. The molecule has 2 amide bonds. The molecule has 0 radical (unpaired) electrons. The van der Waals surface area contributed by atoms with Crippen LogP contribution >= 0.6 is 0 Å². The number of likely N-dealkylation sites (tertiary alicyclic amines) is 1. The van der Waals surface area contributed by atoms with Crippen LogP contribution in [0.25, 0.3) is 0 Å². The van der Waals surface area contributed by atoms with Gasteiger partial charge in [-0.2, -0.15) is 0 Å². The standard InChI is InChI=1S/C21H25FN6O2/c1-24-21(30)28-9-6-17(11-18(28)23)27-8-2-4-14-10-15(12-25-19(14)27)20(29)26-7-3-5-16(22)13-26/h6,9-12,16,23H,2-5,7-8,13H2,1H3,(H,24,30)/t16-/m1/s1. The van der Waals surface area contributed by atoms with Gasteiger partial charge in [0, 0.05) is 44.3 Å². The summed E-state index contributed by atoms with van der Waals surface area (Å²) in [5, 5.41) is 10.6. The highest BCUT2D eigenvalue weighted by Gasteiger charge is 2.26. The molecule has 8 nitrogen and oxygen atoms in total. The molecule has 0 saturated carbocycles. The molecule has 2 aromatic heterocycles. The van der Waals surface area contributed by atoms with Crippen LogP contribution in [-0.2, 0) is 6.42 Å². The third-order valence-electron chi connectivity index (χ3n) is 5.61. The second-order valence-electron chi connectivity index (χ2n) is 7.65. The number of carbonyl (C=O) groups is 2. The van der Waals surface area contributed by atoms with Gasteiger partial charge in [-0.3, -0.25) is 14.8 Å². The highest BCUT2D eigenvalue weighted by atomic mass is 19.1. The lowest BCUT2D eigenvalue weighted by Gasteiger charge is -2.32. The van der Waals surface area contributed by atoms with Crippen molar-refractivity contribution >= 4 is 23.4 Å². The number of rotatable bonds is 2. The molecule has 0 aliphatic carbocycles. The number of fused-ring (bicyclic) bond motifs is 1. The first-order valence-corrected chi connectivity index (χ1v) is 10.2. The smallest absolute Gasteiger partial charge is 0.326 e. The minimum atomic E-state index is -0.960. The van der Waals surface area contributed by atoms with Crippen LogP contribution in [0.2, 0.25) is 0 Å². The van der Waals surface area contributed by atoms with Gasteiger partial charge in [-0.15, -0.1) is 0 Å². The largest absolute Gasteiger partial charge is 0.340 e.